The molecule has 0 amide bonds. The van der Waals surface area contributed by atoms with E-state index < -0.39 is 0 Å². The molecule has 196 valence electrons. The molecule has 0 aliphatic heterocycles. The smallest absolute Gasteiger partial charge is 0.136 e. The molecule has 0 bridgehead atoms. The van der Waals surface area contributed by atoms with Gasteiger partial charge in [-0.15, -0.1) is 0 Å². The number of furan rings is 1. The average molecular weight is 528 g/mol. The number of nitrogens with one attached hydrogen (secondary N) is 1. The van der Waals surface area contributed by atoms with E-state index in [4.69, 9.17) is 4.42 Å². The minimum atomic E-state index is -0.0430. The molecular formula is C39H29NO. The van der Waals surface area contributed by atoms with Gasteiger partial charge in [0.15, 0.2) is 0 Å². The Bertz CT molecular complexity index is 2100. The number of anilines is 2. The monoisotopic (exact) mass is 527 g/mol. The molecule has 0 spiro atoms. The first-order chi connectivity index (χ1) is 20.1. The summed E-state index contributed by atoms with van der Waals surface area (Å²) in [6, 6.07) is 47.6. The van der Waals surface area contributed by atoms with Crippen LogP contribution in [0.15, 0.2) is 138 Å². The quantitative estimate of drug-likeness (QED) is 0.246. The number of rotatable bonds is 4. The minimum Gasteiger partial charge on any atom is -0.456 e. The molecule has 6 aromatic carbocycles. The van der Waals surface area contributed by atoms with Gasteiger partial charge in [0, 0.05) is 27.6 Å². The van der Waals surface area contributed by atoms with Crippen LogP contribution in [0.5, 0.6) is 0 Å². The molecule has 1 heterocycles. The summed E-state index contributed by atoms with van der Waals surface area (Å²) < 4.78 is 6.23. The molecule has 0 unspecified atom stereocenters. The Hall–Kier alpha value is -5.08. The van der Waals surface area contributed by atoms with Gasteiger partial charge in [-0.1, -0.05) is 105 Å². The van der Waals surface area contributed by atoms with Crippen LogP contribution in [0.2, 0.25) is 0 Å². The molecule has 8 rings (SSSR count). The van der Waals surface area contributed by atoms with Gasteiger partial charge < -0.3 is 9.73 Å². The maximum Gasteiger partial charge on any atom is 0.136 e. The van der Waals surface area contributed by atoms with Gasteiger partial charge >= 0.3 is 0 Å². The molecule has 0 radical (unpaired) electrons. The first-order valence-corrected chi connectivity index (χ1v) is 14.2. The van der Waals surface area contributed by atoms with Crippen molar-refractivity contribution in [1.29, 1.82) is 0 Å². The summed E-state index contributed by atoms with van der Waals surface area (Å²) in [4.78, 5) is 0. The maximum absolute atomic E-state index is 6.23. The lowest BCUT2D eigenvalue weighted by Gasteiger charge is -2.22. The van der Waals surface area contributed by atoms with Crippen LogP contribution in [0.25, 0.3) is 55.3 Å². The lowest BCUT2D eigenvalue weighted by molar-refractivity contribution is 0.660. The molecule has 0 fully saturated rings. The number of hydrogen-bond donors (Lipinski definition) is 1. The van der Waals surface area contributed by atoms with Gasteiger partial charge in [0.1, 0.15) is 11.2 Å². The Morgan fingerprint density at radius 3 is 2.10 bits per heavy atom. The molecule has 1 aromatic heterocycles. The van der Waals surface area contributed by atoms with Crippen LogP contribution in [-0.2, 0) is 5.41 Å². The van der Waals surface area contributed by atoms with Gasteiger partial charge in [-0.25, -0.2) is 0 Å². The van der Waals surface area contributed by atoms with E-state index in [0.29, 0.717) is 0 Å². The molecule has 0 saturated carbocycles. The van der Waals surface area contributed by atoms with E-state index in [-0.39, 0.29) is 5.41 Å². The highest BCUT2D eigenvalue weighted by atomic mass is 16.3. The predicted octanol–water partition coefficient (Wildman–Crippen LogP) is 11.0. The fraction of sp³-hybridized carbons (Fsp3) is 0.0769. The Morgan fingerprint density at radius 2 is 1.20 bits per heavy atom. The van der Waals surface area contributed by atoms with Crippen LogP contribution in [-0.4, -0.2) is 0 Å². The molecule has 1 N–H and O–H groups in total. The largest absolute Gasteiger partial charge is 0.456 e. The summed E-state index contributed by atoms with van der Waals surface area (Å²) in [7, 11) is 0. The van der Waals surface area contributed by atoms with Gasteiger partial charge in [0.05, 0.1) is 0 Å². The zero-order chi connectivity index (χ0) is 27.6. The van der Waals surface area contributed by atoms with Crippen LogP contribution in [0, 0.1) is 0 Å². The first kappa shape index (κ1) is 23.8. The van der Waals surface area contributed by atoms with Crippen molar-refractivity contribution in [1.82, 2.24) is 0 Å². The summed E-state index contributed by atoms with van der Waals surface area (Å²) >= 11 is 0. The second-order valence-corrected chi connectivity index (χ2v) is 11.5. The lowest BCUT2D eigenvalue weighted by Crippen LogP contribution is -2.15. The van der Waals surface area contributed by atoms with Gasteiger partial charge in [-0.3, -0.25) is 0 Å². The van der Waals surface area contributed by atoms with E-state index in [0.717, 1.165) is 38.9 Å². The van der Waals surface area contributed by atoms with Crippen LogP contribution >= 0.6 is 0 Å². The van der Waals surface area contributed by atoms with Crippen molar-refractivity contribution in [3.63, 3.8) is 0 Å². The van der Waals surface area contributed by atoms with Crippen LogP contribution in [0.4, 0.5) is 11.4 Å². The molecule has 41 heavy (non-hydrogen) atoms. The zero-order valence-electron chi connectivity index (χ0n) is 23.1. The van der Waals surface area contributed by atoms with Crippen LogP contribution in [0.1, 0.15) is 25.0 Å². The molecular weight excluding hydrogens is 498 g/mol. The third-order valence-electron chi connectivity index (χ3n) is 8.63. The van der Waals surface area contributed by atoms with Gasteiger partial charge in [0.25, 0.3) is 0 Å². The number of hydrogen-bond acceptors (Lipinski definition) is 2. The highest BCUT2D eigenvalue weighted by molar-refractivity contribution is 6.12. The summed E-state index contributed by atoms with van der Waals surface area (Å²) in [5, 5.41) is 6.06. The Kier molecular flexibility index (Phi) is 5.20. The molecule has 0 saturated heterocycles. The summed E-state index contributed by atoms with van der Waals surface area (Å²) in [6.07, 6.45) is 0. The van der Waals surface area contributed by atoms with E-state index in [9.17, 15) is 0 Å². The number of fused-ring (bicyclic) bond motifs is 6. The van der Waals surface area contributed by atoms with Crippen molar-refractivity contribution in [2.45, 2.75) is 19.3 Å². The molecule has 2 heteroatoms. The van der Waals surface area contributed by atoms with Gasteiger partial charge in [-0.2, -0.15) is 0 Å². The van der Waals surface area contributed by atoms with E-state index >= 15 is 0 Å². The van der Waals surface area contributed by atoms with Crippen molar-refractivity contribution in [2.24, 2.45) is 0 Å². The van der Waals surface area contributed by atoms with Crippen molar-refractivity contribution >= 4 is 33.3 Å². The summed E-state index contributed by atoms with van der Waals surface area (Å²) in [6.45, 7) is 4.65. The standard InChI is InChI=1S/C39H29NO/c1-39(2)34-16-8-6-13-31(34)32-20-19-28(24-35(32)39)40-29-22-26(25-11-4-3-5-12-25)21-27(23-29)30-15-10-18-37-38(30)33-14-7-9-17-36(33)41-37/h3-24,40H,1-2H3. The van der Waals surface area contributed by atoms with E-state index in [2.05, 4.69) is 140 Å². The Morgan fingerprint density at radius 1 is 0.488 bits per heavy atom. The second-order valence-electron chi connectivity index (χ2n) is 11.5. The molecule has 1 aliphatic rings. The van der Waals surface area contributed by atoms with Gasteiger partial charge in [0.2, 0.25) is 0 Å². The van der Waals surface area contributed by atoms with Crippen molar-refractivity contribution in [2.75, 3.05) is 5.32 Å². The average Bonchev–Trinajstić information content (AvgIpc) is 3.50. The van der Waals surface area contributed by atoms with Crippen molar-refractivity contribution in [3.8, 4) is 33.4 Å². The summed E-state index contributed by atoms with van der Waals surface area (Å²) in [5.74, 6) is 0. The normalized spacial score (nSPS) is 13.3. The van der Waals surface area contributed by atoms with E-state index in [1.165, 1.54) is 38.9 Å². The molecule has 0 atom stereocenters. The number of para-hydroxylation sites is 1. The first-order valence-electron chi connectivity index (χ1n) is 14.2. The topological polar surface area (TPSA) is 25.2 Å². The molecule has 7 aromatic rings. The second kappa shape index (κ2) is 8.97. The van der Waals surface area contributed by atoms with Crippen molar-refractivity contribution in [3.05, 3.63) is 145 Å². The SMILES string of the molecule is CC1(C)c2ccccc2-c2ccc(Nc3cc(-c4ccccc4)cc(-c4cccc5oc6ccccc6c45)c3)cc21. The highest BCUT2D eigenvalue weighted by Crippen LogP contribution is 2.49. The van der Waals surface area contributed by atoms with Crippen LogP contribution < -0.4 is 5.32 Å². The summed E-state index contributed by atoms with van der Waals surface area (Å²) in [5.41, 5.74) is 14.0. The number of benzene rings is 6. The van der Waals surface area contributed by atoms with E-state index in [1.54, 1.807) is 0 Å². The minimum absolute atomic E-state index is 0.0430. The highest BCUT2D eigenvalue weighted by Gasteiger charge is 2.35. The predicted molar refractivity (Wildman–Crippen MR) is 172 cm³/mol. The molecule has 2 nitrogen and oxygen atoms in total. The Balaban J connectivity index is 1.28. The van der Waals surface area contributed by atoms with Crippen molar-refractivity contribution < 1.29 is 4.42 Å². The van der Waals surface area contributed by atoms with E-state index in [1.807, 2.05) is 12.1 Å². The third kappa shape index (κ3) is 3.79. The molecule has 1 aliphatic carbocycles. The van der Waals surface area contributed by atoms with Gasteiger partial charge in [-0.05, 0) is 87.0 Å². The third-order valence-corrected chi connectivity index (χ3v) is 8.63. The lowest BCUT2D eigenvalue weighted by atomic mass is 9.82. The maximum atomic E-state index is 6.23. The Labute approximate surface area is 239 Å². The fourth-order valence-electron chi connectivity index (χ4n) is 6.62. The fourth-order valence-corrected chi connectivity index (χ4v) is 6.62. The van der Waals surface area contributed by atoms with Crippen LogP contribution in [0.3, 0.4) is 0 Å². The zero-order valence-corrected chi connectivity index (χ0v) is 23.1.